The summed E-state index contributed by atoms with van der Waals surface area (Å²) in [4.78, 5) is 2.29. The molecule has 2 aliphatic rings. The number of benzene rings is 1. The zero-order valence-corrected chi connectivity index (χ0v) is 11.9. The average molecular weight is 301 g/mol. The van der Waals surface area contributed by atoms with E-state index >= 15 is 0 Å². The molecule has 0 aliphatic carbocycles. The topological polar surface area (TPSA) is 73.3 Å². The van der Waals surface area contributed by atoms with Crippen molar-refractivity contribution in [2.75, 3.05) is 36.4 Å². The fourth-order valence-corrected chi connectivity index (χ4v) is 3.06. The van der Waals surface area contributed by atoms with Crippen molar-refractivity contribution in [1.29, 1.82) is 0 Å². The predicted octanol–water partition coefficient (Wildman–Crippen LogP) is 1.19. The maximum atomic E-state index is 13.5. The molecule has 0 radical (unpaired) electrons. The second-order valence-corrected chi connectivity index (χ2v) is 5.53. The summed E-state index contributed by atoms with van der Waals surface area (Å²) >= 11 is 0. The van der Waals surface area contributed by atoms with E-state index in [0.29, 0.717) is 17.3 Å². The van der Waals surface area contributed by atoms with E-state index < -0.39 is 11.6 Å². The van der Waals surface area contributed by atoms with Crippen LogP contribution in [-0.4, -0.2) is 47.5 Å². The first kappa shape index (κ1) is 13.3. The number of aromatic nitrogens is 2. The van der Waals surface area contributed by atoms with E-state index in [0.717, 1.165) is 37.7 Å². The SMILES string of the molecule is Oc1c(F)cccc1-c1cc2c(nn1)NC[C@H]1CNCCN21. The maximum absolute atomic E-state index is 13.5. The highest BCUT2D eigenvalue weighted by molar-refractivity contribution is 5.76. The van der Waals surface area contributed by atoms with Gasteiger partial charge < -0.3 is 20.6 Å². The van der Waals surface area contributed by atoms with E-state index in [1.165, 1.54) is 6.07 Å². The van der Waals surface area contributed by atoms with E-state index in [1.807, 2.05) is 6.07 Å². The summed E-state index contributed by atoms with van der Waals surface area (Å²) in [6, 6.07) is 6.64. The first-order chi connectivity index (χ1) is 10.7. The fourth-order valence-electron chi connectivity index (χ4n) is 3.06. The van der Waals surface area contributed by atoms with Gasteiger partial charge in [0, 0.05) is 31.7 Å². The third kappa shape index (κ3) is 2.05. The normalized spacial score (nSPS) is 20.0. The Morgan fingerprint density at radius 3 is 3.09 bits per heavy atom. The summed E-state index contributed by atoms with van der Waals surface area (Å²) in [5.74, 6) is -0.314. The summed E-state index contributed by atoms with van der Waals surface area (Å²) in [7, 11) is 0. The van der Waals surface area contributed by atoms with Crippen LogP contribution in [0.25, 0.3) is 11.3 Å². The van der Waals surface area contributed by atoms with Crippen molar-refractivity contribution in [3.05, 3.63) is 30.1 Å². The number of phenols is 1. The molecule has 0 spiro atoms. The van der Waals surface area contributed by atoms with Crippen LogP contribution in [0.2, 0.25) is 0 Å². The first-order valence-corrected chi connectivity index (χ1v) is 7.31. The van der Waals surface area contributed by atoms with Crippen molar-refractivity contribution in [3.8, 4) is 17.0 Å². The van der Waals surface area contributed by atoms with Gasteiger partial charge in [-0.1, -0.05) is 6.07 Å². The zero-order chi connectivity index (χ0) is 15.1. The highest BCUT2D eigenvalue weighted by Crippen LogP contribution is 2.36. The van der Waals surface area contributed by atoms with E-state index in [2.05, 4.69) is 25.7 Å². The largest absolute Gasteiger partial charge is 0.504 e. The monoisotopic (exact) mass is 301 g/mol. The van der Waals surface area contributed by atoms with Crippen LogP contribution >= 0.6 is 0 Å². The van der Waals surface area contributed by atoms with Crippen molar-refractivity contribution < 1.29 is 9.50 Å². The first-order valence-electron chi connectivity index (χ1n) is 7.31. The number of hydrogen-bond acceptors (Lipinski definition) is 6. The molecule has 4 rings (SSSR count). The Morgan fingerprint density at radius 1 is 1.27 bits per heavy atom. The Bertz CT molecular complexity index is 723. The van der Waals surface area contributed by atoms with E-state index in [1.54, 1.807) is 12.1 Å². The second kappa shape index (κ2) is 5.10. The molecule has 1 aromatic heterocycles. The molecule has 1 saturated heterocycles. The lowest BCUT2D eigenvalue weighted by Gasteiger charge is -2.42. The standard InChI is InChI=1S/C15H16FN5O/c16-11-3-1-2-10(14(11)22)12-6-13-15(20-19-12)18-8-9-7-17-4-5-21(9)13/h1-3,6,9,17,22H,4-5,7-8H2,(H,18,20)/t9-/m1/s1. The molecule has 114 valence electrons. The summed E-state index contributed by atoms with van der Waals surface area (Å²) in [5.41, 5.74) is 1.77. The molecule has 2 aromatic rings. The maximum Gasteiger partial charge on any atom is 0.172 e. The Kier molecular flexibility index (Phi) is 3.07. The van der Waals surface area contributed by atoms with Crippen molar-refractivity contribution in [2.24, 2.45) is 0 Å². The van der Waals surface area contributed by atoms with Crippen molar-refractivity contribution >= 4 is 11.5 Å². The molecule has 0 amide bonds. The quantitative estimate of drug-likeness (QED) is 0.735. The van der Waals surface area contributed by atoms with Crippen molar-refractivity contribution in [1.82, 2.24) is 15.5 Å². The van der Waals surface area contributed by atoms with Crippen LogP contribution in [-0.2, 0) is 0 Å². The molecule has 2 aliphatic heterocycles. The highest BCUT2D eigenvalue weighted by atomic mass is 19.1. The average Bonchev–Trinajstić information content (AvgIpc) is 2.57. The Morgan fingerprint density at radius 2 is 2.18 bits per heavy atom. The second-order valence-electron chi connectivity index (χ2n) is 5.53. The van der Waals surface area contributed by atoms with Gasteiger partial charge in [0.1, 0.15) is 0 Å². The van der Waals surface area contributed by atoms with Gasteiger partial charge in [-0.3, -0.25) is 0 Å². The number of halogens is 1. The van der Waals surface area contributed by atoms with Gasteiger partial charge >= 0.3 is 0 Å². The van der Waals surface area contributed by atoms with Crippen molar-refractivity contribution in [2.45, 2.75) is 6.04 Å². The smallest absolute Gasteiger partial charge is 0.172 e. The van der Waals surface area contributed by atoms with Gasteiger partial charge in [-0.05, 0) is 18.2 Å². The molecule has 0 saturated carbocycles. The minimum atomic E-state index is -0.657. The van der Waals surface area contributed by atoms with Gasteiger partial charge in [-0.15, -0.1) is 10.2 Å². The number of aromatic hydroxyl groups is 1. The van der Waals surface area contributed by atoms with Gasteiger partial charge in [-0.2, -0.15) is 0 Å². The third-order valence-corrected chi connectivity index (χ3v) is 4.20. The molecule has 3 N–H and O–H groups in total. The number of anilines is 2. The zero-order valence-electron chi connectivity index (χ0n) is 11.9. The van der Waals surface area contributed by atoms with E-state index in [4.69, 9.17) is 0 Å². The van der Waals surface area contributed by atoms with Gasteiger partial charge in [0.15, 0.2) is 17.4 Å². The molecule has 0 unspecified atom stereocenters. The number of piperazine rings is 1. The molecular formula is C15H16FN5O. The molecule has 1 aromatic carbocycles. The lowest BCUT2D eigenvalue weighted by Crippen LogP contribution is -2.56. The molecule has 22 heavy (non-hydrogen) atoms. The van der Waals surface area contributed by atoms with Crippen LogP contribution < -0.4 is 15.5 Å². The van der Waals surface area contributed by atoms with Gasteiger partial charge in [0.05, 0.1) is 17.4 Å². The summed E-state index contributed by atoms with van der Waals surface area (Å²) in [5, 5.41) is 24.9. The number of rotatable bonds is 1. The number of phenolic OH excluding ortho intramolecular Hbond substituents is 1. The fraction of sp³-hybridized carbons (Fsp3) is 0.333. The number of fused-ring (bicyclic) bond motifs is 3. The van der Waals surface area contributed by atoms with Crippen LogP contribution in [0.3, 0.4) is 0 Å². The Hall–Kier alpha value is -2.41. The van der Waals surface area contributed by atoms with Crippen LogP contribution in [0.5, 0.6) is 5.75 Å². The molecule has 0 bridgehead atoms. The Balaban J connectivity index is 1.79. The Labute approximate surface area is 127 Å². The molecule has 1 fully saturated rings. The summed E-state index contributed by atoms with van der Waals surface area (Å²) < 4.78 is 13.5. The minimum Gasteiger partial charge on any atom is -0.504 e. The molecular weight excluding hydrogens is 285 g/mol. The lowest BCUT2D eigenvalue weighted by atomic mass is 10.1. The van der Waals surface area contributed by atoms with Gasteiger partial charge in [0.2, 0.25) is 0 Å². The van der Waals surface area contributed by atoms with Crippen LogP contribution in [0.4, 0.5) is 15.9 Å². The van der Waals surface area contributed by atoms with Gasteiger partial charge in [-0.25, -0.2) is 4.39 Å². The van der Waals surface area contributed by atoms with Crippen LogP contribution in [0.1, 0.15) is 0 Å². The summed E-state index contributed by atoms with van der Waals surface area (Å²) in [6.45, 7) is 3.53. The molecule has 6 nitrogen and oxygen atoms in total. The molecule has 7 heteroatoms. The predicted molar refractivity (Wildman–Crippen MR) is 81.6 cm³/mol. The van der Waals surface area contributed by atoms with Crippen molar-refractivity contribution in [3.63, 3.8) is 0 Å². The lowest BCUT2D eigenvalue weighted by molar-refractivity contribution is 0.434. The highest BCUT2D eigenvalue weighted by Gasteiger charge is 2.29. The van der Waals surface area contributed by atoms with Crippen LogP contribution in [0.15, 0.2) is 24.3 Å². The minimum absolute atomic E-state index is 0.354. The molecule has 3 heterocycles. The number of hydrogen-bond donors (Lipinski definition) is 3. The van der Waals surface area contributed by atoms with E-state index in [9.17, 15) is 9.50 Å². The third-order valence-electron chi connectivity index (χ3n) is 4.20. The number of nitrogens with one attached hydrogen (secondary N) is 2. The number of para-hydroxylation sites is 1. The summed E-state index contributed by atoms with van der Waals surface area (Å²) in [6.07, 6.45) is 0. The van der Waals surface area contributed by atoms with E-state index in [-0.39, 0.29) is 0 Å². The van der Waals surface area contributed by atoms with Crippen LogP contribution in [0, 0.1) is 5.82 Å². The number of nitrogens with zero attached hydrogens (tertiary/aromatic N) is 3. The molecule has 1 atom stereocenters. The van der Waals surface area contributed by atoms with Gasteiger partial charge in [0.25, 0.3) is 0 Å².